The summed E-state index contributed by atoms with van der Waals surface area (Å²) in [6.45, 7) is 4.56. The number of amides is 1. The Morgan fingerprint density at radius 3 is 2.76 bits per heavy atom. The molecule has 0 bridgehead atoms. The van der Waals surface area contributed by atoms with Crippen LogP contribution in [0.15, 0.2) is 61.1 Å². The Morgan fingerprint density at radius 2 is 1.96 bits per heavy atom. The van der Waals surface area contributed by atoms with Gasteiger partial charge in [0.1, 0.15) is 5.69 Å². The molecule has 0 saturated carbocycles. The first-order valence-corrected chi connectivity index (χ1v) is 8.10. The van der Waals surface area contributed by atoms with Crippen LogP contribution in [0.25, 0.3) is 0 Å². The van der Waals surface area contributed by atoms with Crippen LogP contribution in [0.3, 0.4) is 0 Å². The summed E-state index contributed by atoms with van der Waals surface area (Å²) >= 11 is 0. The van der Waals surface area contributed by atoms with Crippen molar-refractivity contribution in [3.05, 3.63) is 83.4 Å². The molecule has 1 amide bonds. The SMILES string of the molecule is Cc1cccc(Nc2ccnc(C(=O)NCc3cccnc3)c2)c1C. The quantitative estimate of drug-likeness (QED) is 0.746. The summed E-state index contributed by atoms with van der Waals surface area (Å²) in [5.74, 6) is -0.214. The molecule has 0 aliphatic rings. The van der Waals surface area contributed by atoms with Gasteiger partial charge in [-0.05, 0) is 54.8 Å². The van der Waals surface area contributed by atoms with Crippen LogP contribution in [0.4, 0.5) is 11.4 Å². The van der Waals surface area contributed by atoms with Crippen molar-refractivity contribution >= 4 is 17.3 Å². The van der Waals surface area contributed by atoms with Crippen LogP contribution in [0.5, 0.6) is 0 Å². The molecular formula is C20H20N4O. The zero-order valence-corrected chi connectivity index (χ0v) is 14.3. The number of benzene rings is 1. The van der Waals surface area contributed by atoms with E-state index in [1.165, 1.54) is 11.1 Å². The van der Waals surface area contributed by atoms with Crippen LogP contribution in [0.2, 0.25) is 0 Å². The molecule has 1 aromatic carbocycles. The first kappa shape index (κ1) is 16.6. The molecule has 0 radical (unpaired) electrons. The van der Waals surface area contributed by atoms with E-state index >= 15 is 0 Å². The van der Waals surface area contributed by atoms with E-state index in [1.807, 2.05) is 30.3 Å². The van der Waals surface area contributed by atoms with Gasteiger partial charge in [0, 0.05) is 36.5 Å². The molecule has 25 heavy (non-hydrogen) atoms. The van der Waals surface area contributed by atoms with Crippen LogP contribution in [0.1, 0.15) is 27.2 Å². The Hall–Kier alpha value is -3.21. The Bertz CT molecular complexity index is 878. The normalized spacial score (nSPS) is 10.3. The maximum absolute atomic E-state index is 12.3. The number of nitrogens with zero attached hydrogens (tertiary/aromatic N) is 2. The van der Waals surface area contributed by atoms with E-state index in [2.05, 4.69) is 40.5 Å². The Kier molecular flexibility index (Phi) is 5.04. The largest absolute Gasteiger partial charge is 0.355 e. The number of anilines is 2. The van der Waals surface area contributed by atoms with Gasteiger partial charge in [-0.15, -0.1) is 0 Å². The molecule has 5 nitrogen and oxygen atoms in total. The van der Waals surface area contributed by atoms with Crippen LogP contribution >= 0.6 is 0 Å². The maximum atomic E-state index is 12.3. The first-order valence-electron chi connectivity index (χ1n) is 8.10. The Labute approximate surface area is 147 Å². The fourth-order valence-corrected chi connectivity index (χ4v) is 2.45. The predicted octanol–water partition coefficient (Wildman–Crippen LogP) is 3.77. The van der Waals surface area contributed by atoms with Gasteiger partial charge >= 0.3 is 0 Å². The number of carbonyl (C=O) groups is 1. The van der Waals surface area contributed by atoms with Crippen LogP contribution in [-0.4, -0.2) is 15.9 Å². The summed E-state index contributed by atoms with van der Waals surface area (Å²) in [5, 5.41) is 6.21. The van der Waals surface area contributed by atoms with E-state index in [4.69, 9.17) is 0 Å². The molecule has 2 heterocycles. The van der Waals surface area contributed by atoms with Crippen LogP contribution in [0, 0.1) is 13.8 Å². The van der Waals surface area contributed by atoms with Gasteiger partial charge in [0.15, 0.2) is 0 Å². The van der Waals surface area contributed by atoms with Gasteiger partial charge in [0.05, 0.1) is 0 Å². The van der Waals surface area contributed by atoms with Gasteiger partial charge in [0.2, 0.25) is 0 Å². The lowest BCUT2D eigenvalue weighted by Crippen LogP contribution is -2.23. The fraction of sp³-hybridized carbons (Fsp3) is 0.150. The lowest BCUT2D eigenvalue weighted by Gasteiger charge is -2.12. The second-order valence-corrected chi connectivity index (χ2v) is 5.85. The molecule has 126 valence electrons. The molecule has 0 spiro atoms. The van der Waals surface area contributed by atoms with Crippen molar-refractivity contribution in [2.75, 3.05) is 5.32 Å². The molecule has 0 saturated heterocycles. The summed E-state index contributed by atoms with van der Waals surface area (Å²) < 4.78 is 0. The number of rotatable bonds is 5. The highest BCUT2D eigenvalue weighted by atomic mass is 16.1. The van der Waals surface area contributed by atoms with Crippen LogP contribution < -0.4 is 10.6 Å². The zero-order chi connectivity index (χ0) is 17.6. The van der Waals surface area contributed by atoms with E-state index in [-0.39, 0.29) is 5.91 Å². The molecule has 2 N–H and O–H groups in total. The van der Waals surface area contributed by atoms with E-state index in [0.717, 1.165) is 16.9 Å². The second-order valence-electron chi connectivity index (χ2n) is 5.85. The second kappa shape index (κ2) is 7.57. The summed E-state index contributed by atoms with van der Waals surface area (Å²) in [6.07, 6.45) is 5.06. The molecule has 0 aliphatic heterocycles. The van der Waals surface area contributed by atoms with Gasteiger partial charge in [-0.25, -0.2) is 0 Å². The lowest BCUT2D eigenvalue weighted by molar-refractivity contribution is 0.0946. The first-order chi connectivity index (χ1) is 12.1. The molecule has 3 rings (SSSR count). The fourth-order valence-electron chi connectivity index (χ4n) is 2.45. The third-order valence-electron chi connectivity index (χ3n) is 4.05. The number of hydrogen-bond acceptors (Lipinski definition) is 4. The predicted molar refractivity (Wildman–Crippen MR) is 98.8 cm³/mol. The zero-order valence-electron chi connectivity index (χ0n) is 14.3. The van der Waals surface area contributed by atoms with E-state index in [1.54, 1.807) is 24.7 Å². The molecule has 0 unspecified atom stereocenters. The number of hydrogen-bond donors (Lipinski definition) is 2. The van der Waals surface area contributed by atoms with Gasteiger partial charge < -0.3 is 10.6 Å². The van der Waals surface area contributed by atoms with Gasteiger partial charge in [-0.2, -0.15) is 0 Å². The van der Waals surface area contributed by atoms with Crippen molar-refractivity contribution < 1.29 is 4.79 Å². The Balaban J connectivity index is 1.70. The molecule has 5 heteroatoms. The summed E-state index contributed by atoms with van der Waals surface area (Å²) in [6, 6.07) is 13.5. The summed E-state index contributed by atoms with van der Waals surface area (Å²) in [5.41, 5.74) is 5.57. The molecule has 0 atom stereocenters. The molecule has 0 fully saturated rings. The van der Waals surface area contributed by atoms with Gasteiger partial charge in [-0.3, -0.25) is 14.8 Å². The van der Waals surface area contributed by atoms with E-state index < -0.39 is 0 Å². The molecular weight excluding hydrogens is 312 g/mol. The number of aryl methyl sites for hydroxylation is 1. The van der Waals surface area contributed by atoms with E-state index in [0.29, 0.717) is 12.2 Å². The molecule has 0 aliphatic carbocycles. The minimum Gasteiger partial charge on any atom is -0.355 e. The smallest absolute Gasteiger partial charge is 0.270 e. The van der Waals surface area contributed by atoms with Crippen molar-refractivity contribution in [2.45, 2.75) is 20.4 Å². The summed E-state index contributed by atoms with van der Waals surface area (Å²) in [7, 11) is 0. The molecule has 2 aromatic heterocycles. The van der Waals surface area contributed by atoms with Crippen molar-refractivity contribution in [1.29, 1.82) is 0 Å². The standard InChI is InChI=1S/C20H20N4O/c1-14-5-3-7-18(15(14)2)24-17-8-10-22-19(11-17)20(25)23-13-16-6-4-9-21-12-16/h3-12H,13H2,1-2H3,(H,22,24)(H,23,25). The van der Waals surface area contributed by atoms with Crippen molar-refractivity contribution in [1.82, 2.24) is 15.3 Å². The van der Waals surface area contributed by atoms with Crippen LogP contribution in [-0.2, 0) is 6.54 Å². The maximum Gasteiger partial charge on any atom is 0.270 e. The third-order valence-corrected chi connectivity index (χ3v) is 4.05. The minimum atomic E-state index is -0.214. The highest BCUT2D eigenvalue weighted by molar-refractivity contribution is 5.93. The number of carbonyl (C=O) groups excluding carboxylic acids is 1. The third kappa shape index (κ3) is 4.20. The highest BCUT2D eigenvalue weighted by Gasteiger charge is 2.09. The minimum absolute atomic E-state index is 0.214. The van der Waals surface area contributed by atoms with Crippen molar-refractivity contribution in [3.63, 3.8) is 0 Å². The van der Waals surface area contributed by atoms with Gasteiger partial charge in [0.25, 0.3) is 5.91 Å². The average molecular weight is 332 g/mol. The highest BCUT2D eigenvalue weighted by Crippen LogP contribution is 2.22. The topological polar surface area (TPSA) is 66.9 Å². The number of aromatic nitrogens is 2. The van der Waals surface area contributed by atoms with Crippen molar-refractivity contribution in [3.8, 4) is 0 Å². The number of nitrogens with one attached hydrogen (secondary N) is 2. The average Bonchev–Trinajstić information content (AvgIpc) is 2.64. The molecule has 3 aromatic rings. The summed E-state index contributed by atoms with van der Waals surface area (Å²) in [4.78, 5) is 20.5. The van der Waals surface area contributed by atoms with Crippen molar-refractivity contribution in [2.24, 2.45) is 0 Å². The Morgan fingerprint density at radius 1 is 1.08 bits per heavy atom. The number of pyridine rings is 2. The lowest BCUT2D eigenvalue weighted by atomic mass is 10.1. The van der Waals surface area contributed by atoms with Gasteiger partial charge in [-0.1, -0.05) is 18.2 Å². The monoisotopic (exact) mass is 332 g/mol. The van der Waals surface area contributed by atoms with E-state index in [9.17, 15) is 4.79 Å².